The first-order valence-corrected chi connectivity index (χ1v) is 13.7. The Bertz CT molecular complexity index is 1670. The molecule has 190 valence electrons. The molecule has 7 rings (SSSR count). The number of benzene rings is 5. The molecule has 39 heavy (non-hydrogen) atoms. The minimum atomic E-state index is 0.286. The van der Waals surface area contributed by atoms with Gasteiger partial charge in [-0.3, -0.25) is 4.99 Å². The van der Waals surface area contributed by atoms with Crippen LogP contribution in [0.1, 0.15) is 40.6 Å². The molecule has 3 atom stereocenters. The highest BCUT2D eigenvalue weighted by Gasteiger charge is 2.37. The van der Waals surface area contributed by atoms with E-state index < -0.39 is 0 Å². The second kappa shape index (κ2) is 10.3. The Kier molecular flexibility index (Phi) is 6.18. The minimum absolute atomic E-state index is 0.286. The van der Waals surface area contributed by atoms with Gasteiger partial charge in [-0.2, -0.15) is 0 Å². The molecule has 3 nitrogen and oxygen atoms in total. The maximum absolute atomic E-state index is 6.28. The number of hydrogen-bond donors (Lipinski definition) is 1. The summed E-state index contributed by atoms with van der Waals surface area (Å²) in [6.45, 7) is 0.517. The Hall–Kier alpha value is -4.63. The van der Waals surface area contributed by atoms with Crippen LogP contribution in [0.15, 0.2) is 132 Å². The Morgan fingerprint density at radius 3 is 2.49 bits per heavy atom. The van der Waals surface area contributed by atoms with Gasteiger partial charge in [0.1, 0.15) is 12.4 Å². The summed E-state index contributed by atoms with van der Waals surface area (Å²) in [7, 11) is 0. The fraction of sp³-hybridized carbons (Fsp3) is 0.139. The van der Waals surface area contributed by atoms with Crippen LogP contribution in [0.2, 0.25) is 0 Å². The number of rotatable bonds is 6. The van der Waals surface area contributed by atoms with E-state index in [-0.39, 0.29) is 6.04 Å². The van der Waals surface area contributed by atoms with E-state index in [2.05, 4.69) is 108 Å². The topological polar surface area (TPSA) is 33.6 Å². The van der Waals surface area contributed by atoms with Crippen molar-refractivity contribution >= 4 is 28.4 Å². The quantitative estimate of drug-likeness (QED) is 0.184. The third kappa shape index (κ3) is 4.61. The van der Waals surface area contributed by atoms with Gasteiger partial charge in [0.15, 0.2) is 0 Å². The van der Waals surface area contributed by atoms with Crippen LogP contribution in [0.3, 0.4) is 0 Å². The first-order valence-electron chi connectivity index (χ1n) is 13.7. The summed E-state index contributed by atoms with van der Waals surface area (Å²) in [4.78, 5) is 4.89. The standard InChI is InChI=1S/C36H30N2O/c1-2-9-25(10-3-1)24-39-35-22-19-26-11-4-5-12-29(26)33(35)23-37-28-20-17-27(18-21-28)36-32-15-8-14-30(32)31-13-6-7-16-34(31)38-36/h1-14,16-23,30,32,36,38H,15,24H2/t30-,32-,36-/m1/s1. The number of nitrogens with one attached hydrogen (secondary N) is 1. The first kappa shape index (κ1) is 23.5. The summed E-state index contributed by atoms with van der Waals surface area (Å²) in [5, 5.41) is 6.13. The first-order chi connectivity index (χ1) is 19.3. The van der Waals surface area contributed by atoms with Crippen molar-refractivity contribution in [3.63, 3.8) is 0 Å². The summed E-state index contributed by atoms with van der Waals surface area (Å²) in [6.07, 6.45) is 7.77. The largest absolute Gasteiger partial charge is 0.488 e. The molecular weight excluding hydrogens is 476 g/mol. The summed E-state index contributed by atoms with van der Waals surface area (Å²) < 4.78 is 6.28. The SMILES string of the molecule is C1=C[C@@H]2c3ccccc3N[C@H](c3ccc(N=Cc4c(OCc5ccccc5)ccc5ccccc45)cc3)[C@@H]2C1. The third-order valence-corrected chi connectivity index (χ3v) is 8.03. The van der Waals surface area contributed by atoms with Gasteiger partial charge in [-0.25, -0.2) is 0 Å². The van der Waals surface area contributed by atoms with Gasteiger partial charge in [-0.15, -0.1) is 0 Å². The zero-order chi connectivity index (χ0) is 26.0. The third-order valence-electron chi connectivity index (χ3n) is 8.03. The second-order valence-electron chi connectivity index (χ2n) is 10.4. The molecule has 0 saturated carbocycles. The summed E-state index contributed by atoms with van der Waals surface area (Å²) in [5.74, 6) is 1.85. The van der Waals surface area contributed by atoms with Crippen LogP contribution in [0.4, 0.5) is 11.4 Å². The summed E-state index contributed by atoms with van der Waals surface area (Å²) in [5.41, 5.74) is 7.03. The molecule has 1 aliphatic carbocycles. The van der Waals surface area contributed by atoms with Gasteiger partial charge in [-0.1, -0.05) is 103 Å². The number of hydrogen-bond acceptors (Lipinski definition) is 3. The van der Waals surface area contributed by atoms with Crippen LogP contribution < -0.4 is 10.1 Å². The number of nitrogens with zero attached hydrogens (tertiary/aromatic N) is 1. The number of allylic oxidation sites excluding steroid dienone is 2. The molecule has 0 spiro atoms. The molecule has 0 unspecified atom stereocenters. The average molecular weight is 507 g/mol. The van der Waals surface area contributed by atoms with Gasteiger partial charge in [0.05, 0.1) is 11.7 Å². The normalized spacial score (nSPS) is 19.5. The van der Waals surface area contributed by atoms with Crippen LogP contribution in [0.5, 0.6) is 5.75 Å². The van der Waals surface area contributed by atoms with Gasteiger partial charge in [0.2, 0.25) is 0 Å². The molecule has 0 bridgehead atoms. The van der Waals surface area contributed by atoms with E-state index in [0.29, 0.717) is 18.4 Å². The van der Waals surface area contributed by atoms with Gasteiger partial charge in [0.25, 0.3) is 0 Å². The van der Waals surface area contributed by atoms with Crippen molar-refractivity contribution in [3.8, 4) is 5.75 Å². The summed E-state index contributed by atoms with van der Waals surface area (Å²) in [6, 6.07) is 40.5. The lowest BCUT2D eigenvalue weighted by Crippen LogP contribution is -2.28. The van der Waals surface area contributed by atoms with Crippen molar-refractivity contribution in [2.45, 2.75) is 25.0 Å². The lowest BCUT2D eigenvalue weighted by atomic mass is 9.77. The average Bonchev–Trinajstić information content (AvgIpc) is 3.50. The molecule has 5 aromatic carbocycles. The summed E-state index contributed by atoms with van der Waals surface area (Å²) >= 11 is 0. The highest BCUT2D eigenvalue weighted by atomic mass is 16.5. The van der Waals surface area contributed by atoms with Gasteiger partial charge < -0.3 is 10.1 Å². The highest BCUT2D eigenvalue weighted by molar-refractivity contribution is 6.03. The number of anilines is 1. The lowest BCUT2D eigenvalue weighted by Gasteiger charge is -2.37. The maximum Gasteiger partial charge on any atom is 0.129 e. The van der Waals surface area contributed by atoms with E-state index >= 15 is 0 Å². The molecule has 0 aromatic heterocycles. The predicted octanol–water partition coefficient (Wildman–Crippen LogP) is 9.00. The van der Waals surface area contributed by atoms with Crippen molar-refractivity contribution < 1.29 is 4.74 Å². The Balaban J connectivity index is 1.16. The van der Waals surface area contributed by atoms with E-state index in [4.69, 9.17) is 9.73 Å². The molecule has 1 heterocycles. The van der Waals surface area contributed by atoms with E-state index in [1.165, 1.54) is 22.2 Å². The molecule has 2 aliphatic rings. The predicted molar refractivity (Wildman–Crippen MR) is 161 cm³/mol. The molecular formula is C36H30N2O. The van der Waals surface area contributed by atoms with Crippen molar-refractivity contribution in [2.24, 2.45) is 10.9 Å². The van der Waals surface area contributed by atoms with E-state index in [1.54, 1.807) is 0 Å². The number of ether oxygens (including phenoxy) is 1. The van der Waals surface area contributed by atoms with Crippen LogP contribution in [0, 0.1) is 5.92 Å². The molecule has 0 radical (unpaired) electrons. The molecule has 0 amide bonds. The van der Waals surface area contributed by atoms with Crippen molar-refractivity contribution in [3.05, 3.63) is 150 Å². The molecule has 0 fully saturated rings. The van der Waals surface area contributed by atoms with E-state index in [1.807, 2.05) is 30.5 Å². The van der Waals surface area contributed by atoms with Gasteiger partial charge in [-0.05, 0) is 64.1 Å². The zero-order valence-corrected chi connectivity index (χ0v) is 21.7. The molecule has 3 heteroatoms. The highest BCUT2D eigenvalue weighted by Crippen LogP contribution is 2.49. The van der Waals surface area contributed by atoms with Gasteiger partial charge in [0, 0.05) is 23.4 Å². The lowest BCUT2D eigenvalue weighted by molar-refractivity contribution is 0.306. The fourth-order valence-electron chi connectivity index (χ4n) is 6.05. The minimum Gasteiger partial charge on any atom is -0.488 e. The molecule has 5 aromatic rings. The smallest absolute Gasteiger partial charge is 0.129 e. The molecule has 1 N–H and O–H groups in total. The monoisotopic (exact) mass is 506 g/mol. The van der Waals surface area contributed by atoms with Gasteiger partial charge >= 0.3 is 0 Å². The fourth-order valence-corrected chi connectivity index (χ4v) is 6.05. The zero-order valence-electron chi connectivity index (χ0n) is 21.7. The van der Waals surface area contributed by atoms with Crippen LogP contribution in [0.25, 0.3) is 10.8 Å². The van der Waals surface area contributed by atoms with Crippen LogP contribution >= 0.6 is 0 Å². The Morgan fingerprint density at radius 1 is 0.795 bits per heavy atom. The maximum atomic E-state index is 6.28. The van der Waals surface area contributed by atoms with Crippen molar-refractivity contribution in [1.82, 2.24) is 0 Å². The number of aliphatic imine (C=N–C) groups is 1. The van der Waals surface area contributed by atoms with E-state index in [0.717, 1.165) is 34.4 Å². The molecule has 1 aliphatic heterocycles. The van der Waals surface area contributed by atoms with Crippen LogP contribution in [-0.4, -0.2) is 6.21 Å². The number of para-hydroxylation sites is 1. The number of fused-ring (bicyclic) bond motifs is 4. The van der Waals surface area contributed by atoms with Crippen molar-refractivity contribution in [2.75, 3.05) is 5.32 Å². The molecule has 0 saturated heterocycles. The Morgan fingerprint density at radius 2 is 1.59 bits per heavy atom. The van der Waals surface area contributed by atoms with E-state index in [9.17, 15) is 0 Å². The second-order valence-corrected chi connectivity index (χ2v) is 10.4. The van der Waals surface area contributed by atoms with Crippen LogP contribution in [-0.2, 0) is 6.61 Å². The van der Waals surface area contributed by atoms with Crippen molar-refractivity contribution in [1.29, 1.82) is 0 Å². The Labute approximate surface area is 229 Å².